The number of nitrogens with one attached hydrogen (secondary N) is 1. The summed E-state index contributed by atoms with van der Waals surface area (Å²) in [5.74, 6) is 0. The summed E-state index contributed by atoms with van der Waals surface area (Å²) in [4.78, 5) is 20.8. The number of carbonyl (C=O) groups is 1. The largest absolute Gasteiger partial charge is 0.443 e. The van der Waals surface area contributed by atoms with Gasteiger partial charge < -0.3 is 4.74 Å². The molecule has 3 rings (SSSR count). The molecule has 2 heterocycles. The molecule has 2 aromatic rings. The molecule has 0 unspecified atom stereocenters. The Balaban J connectivity index is 1.68. The number of carbonyl (C=O) groups excluding carboxylic acids is 1. The zero-order valence-electron chi connectivity index (χ0n) is 13.5. The molecule has 122 valence electrons. The van der Waals surface area contributed by atoms with E-state index in [0.717, 1.165) is 46.9 Å². The Bertz CT molecular complexity index is 678. The Morgan fingerprint density at radius 3 is 2.83 bits per heavy atom. The highest BCUT2D eigenvalue weighted by molar-refractivity contribution is 7.19. The second kappa shape index (κ2) is 6.66. The van der Waals surface area contributed by atoms with Crippen molar-refractivity contribution in [1.82, 2.24) is 9.97 Å². The van der Waals surface area contributed by atoms with Crippen LogP contribution in [-0.4, -0.2) is 21.7 Å². The maximum atomic E-state index is 12.2. The van der Waals surface area contributed by atoms with Crippen molar-refractivity contribution >= 4 is 22.4 Å². The van der Waals surface area contributed by atoms with E-state index in [9.17, 15) is 4.79 Å². The van der Waals surface area contributed by atoms with Gasteiger partial charge >= 0.3 is 6.09 Å². The number of nitrogens with zero attached hydrogens (tertiary/aromatic N) is 2. The fraction of sp³-hybridized carbons (Fsp3) is 0.471. The summed E-state index contributed by atoms with van der Waals surface area (Å²) in [5, 5.41) is 4.42. The maximum absolute atomic E-state index is 12.2. The number of aryl methyl sites for hydroxylation is 1. The van der Waals surface area contributed by atoms with E-state index in [-0.39, 0.29) is 11.7 Å². The van der Waals surface area contributed by atoms with E-state index in [1.807, 2.05) is 26.0 Å². The van der Waals surface area contributed by atoms with Crippen molar-refractivity contribution in [2.24, 2.45) is 0 Å². The summed E-state index contributed by atoms with van der Waals surface area (Å²) in [5.41, 5.74) is 1.40. The van der Waals surface area contributed by atoms with Gasteiger partial charge in [0.2, 0.25) is 0 Å². The SMILES string of the molecule is Cc1nc(-c2cccnc2)sc1NC(=O)OC1(C)CCCCC1. The van der Waals surface area contributed by atoms with Gasteiger partial charge in [-0.15, -0.1) is 0 Å². The minimum Gasteiger partial charge on any atom is -0.443 e. The van der Waals surface area contributed by atoms with E-state index in [1.165, 1.54) is 17.8 Å². The van der Waals surface area contributed by atoms with Crippen molar-refractivity contribution in [3.8, 4) is 10.6 Å². The van der Waals surface area contributed by atoms with Crippen molar-refractivity contribution in [2.45, 2.75) is 51.6 Å². The molecule has 2 aromatic heterocycles. The number of aromatic nitrogens is 2. The van der Waals surface area contributed by atoms with Gasteiger partial charge in [0.1, 0.15) is 15.6 Å². The second-order valence-corrected chi connectivity index (χ2v) is 7.20. The second-order valence-electron chi connectivity index (χ2n) is 6.20. The van der Waals surface area contributed by atoms with Gasteiger partial charge in [0, 0.05) is 18.0 Å². The van der Waals surface area contributed by atoms with Gasteiger partial charge in [-0.3, -0.25) is 10.3 Å². The third kappa shape index (κ3) is 3.88. The third-order valence-electron chi connectivity index (χ3n) is 4.17. The standard InChI is InChI=1S/C17H21N3O2S/c1-12-14(23-15(19-12)13-7-6-10-18-11-13)20-16(21)22-17(2)8-4-3-5-9-17/h6-7,10-11H,3-5,8-9H2,1-2H3,(H,20,21). The Kier molecular flexibility index (Phi) is 4.61. The van der Waals surface area contributed by atoms with E-state index in [2.05, 4.69) is 15.3 Å². The predicted molar refractivity (Wildman–Crippen MR) is 91.7 cm³/mol. The molecule has 0 bridgehead atoms. The van der Waals surface area contributed by atoms with E-state index < -0.39 is 0 Å². The van der Waals surface area contributed by atoms with Crippen LogP contribution in [0.4, 0.5) is 9.80 Å². The molecule has 0 spiro atoms. The lowest BCUT2D eigenvalue weighted by Gasteiger charge is -2.32. The molecule has 1 N–H and O–H groups in total. The topological polar surface area (TPSA) is 64.1 Å². The van der Waals surface area contributed by atoms with Gasteiger partial charge in [-0.25, -0.2) is 9.78 Å². The van der Waals surface area contributed by atoms with Gasteiger partial charge in [0.05, 0.1) is 5.69 Å². The molecular weight excluding hydrogens is 310 g/mol. The number of pyridine rings is 1. The Morgan fingerprint density at radius 2 is 2.13 bits per heavy atom. The van der Waals surface area contributed by atoms with Gasteiger partial charge in [0.15, 0.2) is 0 Å². The van der Waals surface area contributed by atoms with Crippen LogP contribution in [0.2, 0.25) is 0 Å². The number of amides is 1. The van der Waals surface area contributed by atoms with Crippen LogP contribution < -0.4 is 5.32 Å². The highest BCUT2D eigenvalue weighted by Gasteiger charge is 2.31. The lowest BCUT2D eigenvalue weighted by Crippen LogP contribution is -2.35. The summed E-state index contributed by atoms with van der Waals surface area (Å²) in [6, 6.07) is 3.83. The fourth-order valence-electron chi connectivity index (χ4n) is 2.87. The number of ether oxygens (including phenoxy) is 1. The molecular formula is C17H21N3O2S. The van der Waals surface area contributed by atoms with Crippen molar-refractivity contribution in [3.63, 3.8) is 0 Å². The number of hydrogen-bond acceptors (Lipinski definition) is 5. The monoisotopic (exact) mass is 331 g/mol. The number of rotatable bonds is 3. The first-order chi connectivity index (χ1) is 11.1. The molecule has 1 fully saturated rings. The summed E-state index contributed by atoms with van der Waals surface area (Å²) in [6.45, 7) is 3.90. The van der Waals surface area contributed by atoms with E-state index >= 15 is 0 Å². The summed E-state index contributed by atoms with van der Waals surface area (Å²) in [6.07, 6.45) is 8.44. The van der Waals surface area contributed by atoms with Gasteiger partial charge in [-0.1, -0.05) is 17.8 Å². The minimum atomic E-state index is -0.390. The predicted octanol–water partition coefficient (Wildman–Crippen LogP) is 4.78. The van der Waals surface area contributed by atoms with E-state index in [4.69, 9.17) is 4.74 Å². The average molecular weight is 331 g/mol. The van der Waals surface area contributed by atoms with Crippen molar-refractivity contribution < 1.29 is 9.53 Å². The number of anilines is 1. The summed E-state index contributed by atoms with van der Waals surface area (Å²) in [7, 11) is 0. The third-order valence-corrected chi connectivity index (χ3v) is 5.29. The lowest BCUT2D eigenvalue weighted by molar-refractivity contribution is 0.00566. The number of thiazole rings is 1. The molecule has 5 nitrogen and oxygen atoms in total. The molecule has 0 aromatic carbocycles. The summed E-state index contributed by atoms with van der Waals surface area (Å²) < 4.78 is 5.67. The fourth-order valence-corrected chi connectivity index (χ4v) is 3.81. The first-order valence-electron chi connectivity index (χ1n) is 7.94. The molecule has 0 aliphatic heterocycles. The van der Waals surface area contributed by atoms with Crippen molar-refractivity contribution in [2.75, 3.05) is 5.32 Å². The normalized spacial score (nSPS) is 16.8. The average Bonchev–Trinajstić information content (AvgIpc) is 2.89. The smallest absolute Gasteiger partial charge is 0.412 e. The minimum absolute atomic E-state index is 0.340. The highest BCUT2D eigenvalue weighted by Crippen LogP contribution is 2.34. The highest BCUT2D eigenvalue weighted by atomic mass is 32.1. The van der Waals surface area contributed by atoms with Gasteiger partial charge in [-0.05, 0) is 51.7 Å². The zero-order valence-corrected chi connectivity index (χ0v) is 14.3. The molecule has 23 heavy (non-hydrogen) atoms. The van der Waals surface area contributed by atoms with Gasteiger partial charge in [-0.2, -0.15) is 0 Å². The molecule has 1 saturated carbocycles. The van der Waals surface area contributed by atoms with Crippen LogP contribution in [0.1, 0.15) is 44.7 Å². The van der Waals surface area contributed by atoms with E-state index in [0.29, 0.717) is 0 Å². The lowest BCUT2D eigenvalue weighted by atomic mass is 9.86. The van der Waals surface area contributed by atoms with Crippen LogP contribution in [0.3, 0.4) is 0 Å². The molecule has 0 atom stereocenters. The van der Waals surface area contributed by atoms with Gasteiger partial charge in [0.25, 0.3) is 0 Å². The Labute approximate surface area is 140 Å². The molecule has 0 saturated heterocycles. The van der Waals surface area contributed by atoms with Crippen molar-refractivity contribution in [1.29, 1.82) is 0 Å². The number of hydrogen-bond donors (Lipinski definition) is 1. The van der Waals surface area contributed by atoms with Crippen LogP contribution in [0.25, 0.3) is 10.6 Å². The summed E-state index contributed by atoms with van der Waals surface area (Å²) >= 11 is 1.44. The first-order valence-corrected chi connectivity index (χ1v) is 8.75. The molecule has 1 amide bonds. The Morgan fingerprint density at radius 1 is 1.35 bits per heavy atom. The first kappa shape index (κ1) is 15.9. The van der Waals surface area contributed by atoms with Crippen molar-refractivity contribution in [3.05, 3.63) is 30.2 Å². The van der Waals surface area contributed by atoms with Crippen LogP contribution >= 0.6 is 11.3 Å². The van der Waals surface area contributed by atoms with E-state index in [1.54, 1.807) is 12.4 Å². The van der Waals surface area contributed by atoms with Crippen LogP contribution in [0.15, 0.2) is 24.5 Å². The van der Waals surface area contributed by atoms with Crippen LogP contribution in [0.5, 0.6) is 0 Å². The van der Waals surface area contributed by atoms with Crippen LogP contribution in [-0.2, 0) is 4.74 Å². The quantitative estimate of drug-likeness (QED) is 0.878. The Hall–Kier alpha value is -1.95. The van der Waals surface area contributed by atoms with Crippen LogP contribution in [0, 0.1) is 6.92 Å². The molecule has 1 aliphatic rings. The zero-order chi connectivity index (χ0) is 16.3. The maximum Gasteiger partial charge on any atom is 0.412 e. The molecule has 6 heteroatoms. The molecule has 0 radical (unpaired) electrons. The molecule has 1 aliphatic carbocycles.